The van der Waals surface area contributed by atoms with E-state index in [1.807, 2.05) is 104 Å². The second kappa shape index (κ2) is 40.2. The lowest BCUT2D eigenvalue weighted by molar-refractivity contribution is 0.537. The molecule has 0 aliphatic rings. The molecule has 17 nitrogen and oxygen atoms in total. The van der Waals surface area contributed by atoms with Crippen LogP contribution in [-0.2, 0) is 37.9 Å². The zero-order chi connectivity index (χ0) is 103. The Morgan fingerprint density at radius 2 is 0.415 bits per heavy atom. The van der Waals surface area contributed by atoms with Crippen molar-refractivity contribution < 1.29 is 0 Å². The van der Waals surface area contributed by atoms with Crippen LogP contribution in [0.1, 0.15) is 185 Å². The van der Waals surface area contributed by atoms with E-state index in [1.54, 1.807) is 0 Å². The largest absolute Gasteiger partial charge is 0.294 e. The van der Waals surface area contributed by atoms with Gasteiger partial charge in [-0.1, -0.05) is 431 Å². The van der Waals surface area contributed by atoms with Crippen LogP contribution in [-0.4, -0.2) is 82.6 Å². The Labute approximate surface area is 861 Å². The fourth-order valence-corrected chi connectivity index (χ4v) is 18.5. The van der Waals surface area contributed by atoms with Gasteiger partial charge in [-0.2, -0.15) is 15.0 Å². The molecule has 0 atom stereocenters. The summed E-state index contributed by atoms with van der Waals surface area (Å²) < 4.78 is 11.0. The number of hydrogen-bond acceptors (Lipinski definition) is 12. The maximum absolute atomic E-state index is 5.16. The van der Waals surface area contributed by atoms with Crippen molar-refractivity contribution in [1.82, 2.24) is 82.6 Å². The number of nitrogens with zero attached hydrogens (tertiary/aromatic N) is 17. The van der Waals surface area contributed by atoms with Crippen LogP contribution in [0.4, 0.5) is 0 Å². The van der Waals surface area contributed by atoms with Gasteiger partial charge in [0.05, 0.1) is 60.9 Å². The molecule has 0 amide bonds. The van der Waals surface area contributed by atoms with Gasteiger partial charge < -0.3 is 0 Å². The number of fused-ring (bicyclic) bond motifs is 15. The lowest BCUT2D eigenvalue weighted by Gasteiger charge is -2.22. The topological polar surface area (TPSA) is 179 Å². The van der Waals surface area contributed by atoms with Gasteiger partial charge in [0.15, 0.2) is 11.6 Å². The molecule has 0 aliphatic heterocycles. The average molecular weight is 1930 g/mol. The average Bonchev–Trinajstić information content (AvgIpc) is 1.61. The van der Waals surface area contributed by atoms with Crippen molar-refractivity contribution >= 4 is 109 Å². The van der Waals surface area contributed by atoms with Gasteiger partial charge in [-0.15, -0.1) is 0 Å². The van der Waals surface area contributed by atoms with E-state index >= 15 is 0 Å². The summed E-state index contributed by atoms with van der Waals surface area (Å²) in [5.41, 5.74) is 20.2. The molecule has 11 aromatic heterocycles. The van der Waals surface area contributed by atoms with Crippen molar-refractivity contribution in [3.8, 4) is 63.5 Å². The summed E-state index contributed by atoms with van der Waals surface area (Å²) in [6.45, 7) is 45.6. The number of hydrogen-bond donors (Lipinski definition) is 0. The first kappa shape index (κ1) is 99.1. The van der Waals surface area contributed by atoms with Crippen LogP contribution >= 0.6 is 0 Å². The Bertz CT molecular complexity index is 7940. The molecule has 0 fully saturated rings. The Balaban J connectivity index is 0.000000115. The van der Waals surface area contributed by atoms with Gasteiger partial charge in [-0.25, -0.2) is 34.9 Å². The van der Waals surface area contributed by atoms with Crippen molar-refractivity contribution in [2.45, 2.75) is 183 Å². The van der Waals surface area contributed by atoms with E-state index < -0.39 is 0 Å². The molecule has 0 saturated heterocycles. The van der Waals surface area contributed by atoms with E-state index in [9.17, 15) is 0 Å². The summed E-state index contributed by atoms with van der Waals surface area (Å²) in [7, 11) is 0. The summed E-state index contributed by atoms with van der Waals surface area (Å²) >= 11 is 0. The molecular weight excluding hydrogens is 1800 g/mol. The van der Waals surface area contributed by atoms with Crippen molar-refractivity contribution in [1.29, 1.82) is 0 Å². The molecule has 0 bridgehead atoms. The smallest absolute Gasteiger partial charge is 0.239 e. The molecule has 0 N–H and O–H groups in total. The molecule has 0 radical (unpaired) electrons. The molecule has 24 rings (SSSR count). The Kier molecular flexibility index (Phi) is 27.1. The minimum Gasteiger partial charge on any atom is -0.294 e. The van der Waals surface area contributed by atoms with E-state index in [4.69, 9.17) is 24.9 Å². The molecule has 11 heterocycles. The lowest BCUT2D eigenvalue weighted by Crippen LogP contribution is -2.20. The maximum atomic E-state index is 5.16. The fourth-order valence-electron chi connectivity index (χ4n) is 18.5. The van der Waals surface area contributed by atoms with Crippen LogP contribution in [0.3, 0.4) is 0 Å². The van der Waals surface area contributed by atoms with Crippen LogP contribution in [0.5, 0.6) is 0 Å². The minimum absolute atomic E-state index is 0.0549. The van der Waals surface area contributed by atoms with Crippen molar-refractivity contribution in [3.05, 3.63) is 429 Å². The van der Waals surface area contributed by atoms with Gasteiger partial charge >= 0.3 is 0 Å². The minimum atomic E-state index is -0.260. The van der Waals surface area contributed by atoms with Gasteiger partial charge in [0.2, 0.25) is 17.8 Å². The standard InChI is InChI=1S/C32H26N4.C31H25N5.C20H19N3.C19H19N3.C15H17N.C13H21N/c1-32(2,3)31-33-29(35-25-16-8-4-12-21(25)22-13-5-9-17-26(22)35)20-30(34-31)36-27-18-10-6-14-23(27)24-15-7-11-19-28(24)36;1-31(2,3)28-32-29(35-24-16-8-4-12-20(24)21-13-5-9-17-25(21)35)34-30(33-28)36-26-18-10-6-14-22(26)23-15-7-11-19-27(23)36;1-20(2,3)14-12-21-19(22-13-14)23-17-10-6-4-8-15(17)16-9-5-7-11-18(16)23;1-19(2,3)18-21-16(14-10-6-4-7-11-14)20-17(22-18)15-12-8-5-9-13-15;1-15(2,3)13-9-10-14(16-11-13)12-7-5-4-6-8-12;1-12(2,3)10-7-8-11(14-9-10)13(4,5)6/h4-20H,1-3H3;4-19H,1-3H3;4-13H,1-3H3;4-13H,1-3H3;4-11H,1-3H3;7-9H,1-6H3. The third-order valence-electron chi connectivity index (χ3n) is 26.6. The molecule has 0 unspecified atom stereocenters. The van der Waals surface area contributed by atoms with E-state index in [1.165, 1.54) is 70.6 Å². The quantitative estimate of drug-likeness (QED) is 0.141. The zero-order valence-electron chi connectivity index (χ0n) is 88.1. The number of pyridine rings is 2. The summed E-state index contributed by atoms with van der Waals surface area (Å²) in [5, 5.41) is 12.1. The second-order valence-electron chi connectivity index (χ2n) is 44.8. The van der Waals surface area contributed by atoms with Crippen LogP contribution in [0.2, 0.25) is 0 Å². The summed E-state index contributed by atoms with van der Waals surface area (Å²) in [6.07, 6.45) is 7.85. The predicted octanol–water partition coefficient (Wildman–Crippen LogP) is 32.4. The van der Waals surface area contributed by atoms with Gasteiger partial charge in [-0.05, 0) is 106 Å². The Morgan fingerprint density at radius 3 is 0.680 bits per heavy atom. The first-order valence-corrected chi connectivity index (χ1v) is 50.7. The number of aromatic nitrogens is 17. The first-order chi connectivity index (χ1) is 70.4. The van der Waals surface area contributed by atoms with Crippen LogP contribution in [0, 0.1) is 0 Å². The molecule has 24 aromatic rings. The highest BCUT2D eigenvalue weighted by Crippen LogP contribution is 2.41. The molecule has 0 spiro atoms. The van der Waals surface area contributed by atoms with Gasteiger partial charge in [0.25, 0.3) is 0 Å². The van der Waals surface area contributed by atoms with E-state index in [-0.39, 0.29) is 37.9 Å². The van der Waals surface area contributed by atoms with Crippen LogP contribution in [0.25, 0.3) is 173 Å². The normalized spacial score (nSPS) is 12.1. The molecule has 732 valence electrons. The SMILES string of the molecule is CC(C)(C)c1ccc(-c2ccccc2)nc1.CC(C)(C)c1ccc(C(C)(C)C)nc1.CC(C)(C)c1cnc(-n2c3ccccc3c3ccccc32)nc1.CC(C)(C)c1nc(-c2ccccc2)nc(-c2ccccc2)n1.CC(C)(C)c1nc(-n2c3ccccc3c3ccccc32)cc(-n2c3ccccc3c3ccccc32)n1.CC(C)(C)c1nc(-n2c3ccccc3c3ccccc32)nc(-n2c3ccccc3c3ccccc32)n1. The molecule has 13 aromatic carbocycles. The highest BCUT2D eigenvalue weighted by Gasteiger charge is 2.30. The highest BCUT2D eigenvalue weighted by molar-refractivity contribution is 6.13. The molecule has 17 heteroatoms. The van der Waals surface area contributed by atoms with Crippen molar-refractivity contribution in [3.63, 3.8) is 0 Å². The van der Waals surface area contributed by atoms with E-state index in [0.717, 1.165) is 130 Å². The fraction of sp³-hybridized carbons (Fsp3) is 0.215. The Hall–Kier alpha value is -16.7. The molecule has 147 heavy (non-hydrogen) atoms. The third kappa shape index (κ3) is 20.8. The van der Waals surface area contributed by atoms with Crippen LogP contribution < -0.4 is 0 Å². The van der Waals surface area contributed by atoms with Gasteiger partial charge in [0.1, 0.15) is 29.1 Å². The van der Waals surface area contributed by atoms with E-state index in [2.05, 4.69) is 488 Å². The summed E-state index contributed by atoms with van der Waals surface area (Å²) in [6, 6.07) is 126. The van der Waals surface area contributed by atoms with Gasteiger partial charge in [-0.3, -0.25) is 32.8 Å². The molecular formula is C130H127N17. The number of rotatable bonds is 8. The zero-order valence-corrected chi connectivity index (χ0v) is 88.1. The van der Waals surface area contributed by atoms with Crippen molar-refractivity contribution in [2.24, 2.45) is 0 Å². The van der Waals surface area contributed by atoms with E-state index in [0.29, 0.717) is 11.9 Å². The maximum Gasteiger partial charge on any atom is 0.239 e. The number of benzene rings is 13. The predicted molar refractivity (Wildman–Crippen MR) is 611 cm³/mol. The number of para-hydroxylation sites is 10. The Morgan fingerprint density at radius 1 is 0.170 bits per heavy atom. The summed E-state index contributed by atoms with van der Waals surface area (Å²) in [4.78, 5) is 57.9. The molecule has 0 aliphatic carbocycles. The summed E-state index contributed by atoms with van der Waals surface area (Å²) in [5.74, 6) is 7.56. The molecule has 0 saturated carbocycles. The third-order valence-corrected chi connectivity index (χ3v) is 26.6. The monoisotopic (exact) mass is 1930 g/mol. The second-order valence-corrected chi connectivity index (χ2v) is 44.8. The first-order valence-electron chi connectivity index (χ1n) is 50.7. The van der Waals surface area contributed by atoms with Crippen molar-refractivity contribution in [2.75, 3.05) is 0 Å². The lowest BCUT2D eigenvalue weighted by atomic mass is 9.86. The van der Waals surface area contributed by atoms with Gasteiger partial charge in [0, 0.05) is 129 Å². The highest BCUT2D eigenvalue weighted by atomic mass is 15.3. The van der Waals surface area contributed by atoms with Crippen LogP contribution in [0.15, 0.2) is 389 Å².